The summed E-state index contributed by atoms with van der Waals surface area (Å²) in [5, 5.41) is 5.84. The van der Waals surface area contributed by atoms with Gasteiger partial charge in [-0.25, -0.2) is 8.42 Å². The second kappa shape index (κ2) is 10.1. The zero-order chi connectivity index (χ0) is 24.2. The molecule has 0 bridgehead atoms. The van der Waals surface area contributed by atoms with Crippen LogP contribution in [0.2, 0.25) is 0 Å². The van der Waals surface area contributed by atoms with E-state index in [1.807, 2.05) is 19.1 Å². The number of hydrogen-bond donors (Lipinski definition) is 1. The molecule has 0 radical (unpaired) electrons. The minimum Gasteiger partial charge on any atom is -0.465 e. The summed E-state index contributed by atoms with van der Waals surface area (Å²) in [6.07, 6.45) is 0. The van der Waals surface area contributed by atoms with Crippen LogP contribution >= 0.6 is 11.3 Å². The van der Waals surface area contributed by atoms with Crippen molar-refractivity contribution in [3.05, 3.63) is 40.4 Å². The maximum Gasteiger partial charge on any atom is 0.326 e. The number of thiazole rings is 1. The van der Waals surface area contributed by atoms with Crippen LogP contribution in [0, 0.1) is 13.8 Å². The third-order valence-electron chi connectivity index (χ3n) is 4.24. The van der Waals surface area contributed by atoms with Crippen molar-refractivity contribution in [1.29, 1.82) is 0 Å². The van der Waals surface area contributed by atoms with Gasteiger partial charge in [-0.3, -0.25) is 14.4 Å². The summed E-state index contributed by atoms with van der Waals surface area (Å²) in [6, 6.07) is 6.94. The highest BCUT2D eigenvalue weighted by atomic mass is 32.2. The number of carbonyl (C=O) groups is 3. The van der Waals surface area contributed by atoms with Gasteiger partial charge < -0.3 is 19.1 Å². The molecule has 0 spiro atoms. The maximum atomic E-state index is 12.5. The molecule has 0 saturated heterocycles. The molecule has 0 atom stereocenters. The minimum atomic E-state index is -4.10. The van der Waals surface area contributed by atoms with Gasteiger partial charge in [0.05, 0.1) is 16.8 Å². The molecule has 3 rings (SSSR count). The van der Waals surface area contributed by atoms with Gasteiger partial charge in [0.15, 0.2) is 20.5 Å². The number of esters is 1. The highest BCUT2D eigenvalue weighted by Crippen LogP contribution is 2.19. The first-order valence-electron chi connectivity index (χ1n) is 9.83. The first-order chi connectivity index (χ1) is 15.6. The molecule has 0 aliphatic carbocycles. The van der Waals surface area contributed by atoms with Crippen molar-refractivity contribution in [3.63, 3.8) is 0 Å². The normalized spacial score (nSPS) is 12.2. The van der Waals surface area contributed by atoms with Crippen LogP contribution in [0.3, 0.4) is 0 Å². The Bertz CT molecular complexity index is 1380. The topological polar surface area (TPSA) is 150 Å². The number of aromatic nitrogens is 2. The molecule has 176 valence electrons. The van der Waals surface area contributed by atoms with E-state index in [9.17, 15) is 22.8 Å². The van der Waals surface area contributed by atoms with E-state index in [0.29, 0.717) is 11.3 Å². The quantitative estimate of drug-likeness (QED) is 0.461. The third kappa shape index (κ3) is 6.58. The van der Waals surface area contributed by atoms with Crippen LogP contribution in [0.5, 0.6) is 0 Å². The van der Waals surface area contributed by atoms with E-state index >= 15 is 0 Å². The molecular formula is C20H22N4O7S2. The molecule has 1 aromatic carbocycles. The molecule has 2 heterocycles. The van der Waals surface area contributed by atoms with E-state index < -0.39 is 39.1 Å². The summed E-state index contributed by atoms with van der Waals surface area (Å²) < 4.78 is 36.7. The first-order valence-corrected chi connectivity index (χ1v) is 12.5. The number of anilines is 1. The number of hydrogen-bond acceptors (Lipinski definition) is 9. The van der Waals surface area contributed by atoms with Crippen molar-refractivity contribution >= 4 is 55.0 Å². The van der Waals surface area contributed by atoms with Crippen LogP contribution in [-0.4, -0.2) is 54.0 Å². The summed E-state index contributed by atoms with van der Waals surface area (Å²) in [4.78, 5) is 40.6. The lowest BCUT2D eigenvalue weighted by atomic mass is 10.2. The lowest BCUT2D eigenvalue weighted by Gasteiger charge is -2.05. The van der Waals surface area contributed by atoms with Crippen LogP contribution in [0.1, 0.15) is 18.2 Å². The number of carbonyl (C=O) groups excluding carboxylic acids is 3. The minimum absolute atomic E-state index is 0.0734. The Balaban J connectivity index is 1.81. The van der Waals surface area contributed by atoms with E-state index in [-0.39, 0.29) is 23.8 Å². The summed E-state index contributed by atoms with van der Waals surface area (Å²) in [5.41, 5.74) is 1.64. The Morgan fingerprint density at radius 3 is 2.64 bits per heavy atom. The zero-order valence-electron chi connectivity index (χ0n) is 18.2. The van der Waals surface area contributed by atoms with Gasteiger partial charge in [-0.05, 0) is 38.5 Å². The van der Waals surface area contributed by atoms with Crippen molar-refractivity contribution < 1.29 is 32.1 Å². The van der Waals surface area contributed by atoms with Crippen LogP contribution in [0.25, 0.3) is 10.2 Å². The molecule has 11 nitrogen and oxygen atoms in total. The van der Waals surface area contributed by atoms with Gasteiger partial charge in [-0.2, -0.15) is 4.99 Å². The van der Waals surface area contributed by atoms with Crippen molar-refractivity contribution in [2.45, 2.75) is 27.3 Å². The van der Waals surface area contributed by atoms with Gasteiger partial charge in [0, 0.05) is 6.07 Å². The number of amides is 2. The van der Waals surface area contributed by atoms with Crippen LogP contribution in [0.15, 0.2) is 33.8 Å². The summed E-state index contributed by atoms with van der Waals surface area (Å²) in [7, 11) is -4.10. The average Bonchev–Trinajstić information content (AvgIpc) is 3.23. The van der Waals surface area contributed by atoms with Gasteiger partial charge in [0.1, 0.15) is 23.8 Å². The number of nitrogens with one attached hydrogen (secondary N) is 1. The fraction of sp³-hybridized carbons (Fsp3) is 0.350. The van der Waals surface area contributed by atoms with Crippen LogP contribution < -0.4 is 10.1 Å². The number of nitrogens with zero attached hydrogens (tertiary/aromatic N) is 3. The smallest absolute Gasteiger partial charge is 0.326 e. The molecular weight excluding hydrogens is 472 g/mol. The summed E-state index contributed by atoms with van der Waals surface area (Å²) >= 11 is 1.15. The van der Waals surface area contributed by atoms with Crippen molar-refractivity contribution in [3.8, 4) is 0 Å². The third-order valence-corrected chi connectivity index (χ3v) is 6.67. The van der Waals surface area contributed by atoms with E-state index in [0.717, 1.165) is 21.6 Å². The van der Waals surface area contributed by atoms with Gasteiger partial charge in [-0.15, -0.1) is 0 Å². The second-order valence-corrected chi connectivity index (χ2v) is 10.2. The second-order valence-electron chi connectivity index (χ2n) is 7.16. The predicted octanol–water partition coefficient (Wildman–Crippen LogP) is 1.35. The Hall–Kier alpha value is -3.32. The molecule has 33 heavy (non-hydrogen) atoms. The lowest BCUT2D eigenvalue weighted by molar-refractivity contribution is -0.143. The largest absolute Gasteiger partial charge is 0.465 e. The van der Waals surface area contributed by atoms with E-state index in [4.69, 9.17) is 9.26 Å². The molecule has 2 aromatic heterocycles. The Kier molecular flexibility index (Phi) is 7.43. The van der Waals surface area contributed by atoms with Crippen molar-refractivity contribution in [1.82, 2.24) is 9.72 Å². The van der Waals surface area contributed by atoms with Gasteiger partial charge >= 0.3 is 5.97 Å². The maximum absolute atomic E-state index is 12.5. The summed E-state index contributed by atoms with van der Waals surface area (Å²) in [5.74, 6) is -3.70. The van der Waals surface area contributed by atoms with E-state index in [1.54, 1.807) is 19.9 Å². The van der Waals surface area contributed by atoms with Crippen LogP contribution in [-0.2, 0) is 35.5 Å². The highest BCUT2D eigenvalue weighted by Gasteiger charge is 2.22. The molecule has 13 heteroatoms. The van der Waals surface area contributed by atoms with Gasteiger partial charge in [-0.1, -0.05) is 22.6 Å². The summed E-state index contributed by atoms with van der Waals surface area (Å²) in [6.45, 7) is 5.20. The van der Waals surface area contributed by atoms with E-state index in [1.165, 1.54) is 10.6 Å². The molecule has 0 saturated carbocycles. The van der Waals surface area contributed by atoms with Crippen molar-refractivity contribution in [2.75, 3.05) is 23.4 Å². The number of fused-ring (bicyclic) bond motifs is 1. The predicted molar refractivity (Wildman–Crippen MR) is 120 cm³/mol. The number of aryl methyl sites for hydroxylation is 2. The molecule has 2 amide bonds. The number of rotatable bonds is 8. The molecule has 0 fully saturated rings. The zero-order valence-corrected chi connectivity index (χ0v) is 19.8. The van der Waals surface area contributed by atoms with Crippen LogP contribution in [0.4, 0.5) is 5.82 Å². The Morgan fingerprint density at radius 1 is 1.21 bits per heavy atom. The first kappa shape index (κ1) is 24.3. The number of benzene rings is 1. The fourth-order valence-corrected chi connectivity index (χ4v) is 5.10. The van der Waals surface area contributed by atoms with Gasteiger partial charge in [0.2, 0.25) is 5.91 Å². The molecule has 3 aromatic rings. The Morgan fingerprint density at radius 2 is 1.97 bits per heavy atom. The Labute approximate surface area is 193 Å². The number of sulfone groups is 1. The van der Waals surface area contributed by atoms with E-state index in [2.05, 4.69) is 15.5 Å². The van der Waals surface area contributed by atoms with Gasteiger partial charge in [0.25, 0.3) is 5.91 Å². The molecule has 0 aliphatic rings. The highest BCUT2D eigenvalue weighted by molar-refractivity contribution is 7.92. The molecule has 0 aliphatic heterocycles. The lowest BCUT2D eigenvalue weighted by Crippen LogP contribution is -2.28. The molecule has 1 N–H and O–H groups in total. The fourth-order valence-electron chi connectivity index (χ4n) is 2.94. The standard InChI is InChI=1S/C20H22N4O7S2/c1-4-30-19(27)9-24-14-6-5-12(2)7-15(14)32-20(24)22-18(26)11-33(28,29)10-17(25)21-16-8-13(3)31-23-16/h5-8H,4,9-11H2,1-3H3,(H,21,23,25). The monoisotopic (exact) mass is 494 g/mol. The number of ether oxygens (including phenoxy) is 1. The van der Waals surface area contributed by atoms with Crippen molar-refractivity contribution in [2.24, 2.45) is 4.99 Å². The SMILES string of the molecule is CCOC(=O)Cn1c(=NC(=O)CS(=O)(=O)CC(=O)Nc2cc(C)on2)sc2cc(C)ccc21. The average molecular weight is 495 g/mol. The molecule has 0 unspecified atom stereocenters.